The van der Waals surface area contributed by atoms with Crippen molar-refractivity contribution in [2.45, 2.75) is 50.3 Å². The molecule has 15 heteroatoms. The molecule has 7 rings (SSSR count). The number of carbonyl (C=O) groups is 4. The molecule has 6 unspecified atom stereocenters. The summed E-state index contributed by atoms with van der Waals surface area (Å²) in [4.78, 5) is 62.0. The molecule has 6 atom stereocenters. The third kappa shape index (κ3) is 4.99. The summed E-state index contributed by atoms with van der Waals surface area (Å²) in [7, 11) is 0. The van der Waals surface area contributed by atoms with Crippen LogP contribution in [-0.4, -0.2) is 50.2 Å². The van der Waals surface area contributed by atoms with Gasteiger partial charge in [0.1, 0.15) is 23.5 Å². The van der Waals surface area contributed by atoms with Gasteiger partial charge in [0.05, 0.1) is 34.3 Å². The molecule has 4 heterocycles. The number of amides is 4. The van der Waals surface area contributed by atoms with Crippen LogP contribution in [0.15, 0.2) is 64.7 Å². The number of furan rings is 1. The van der Waals surface area contributed by atoms with E-state index in [0.717, 1.165) is 0 Å². The van der Waals surface area contributed by atoms with E-state index in [1.165, 1.54) is 4.90 Å². The summed E-state index contributed by atoms with van der Waals surface area (Å²) in [5.41, 5.74) is 0.775. The predicted octanol–water partition coefficient (Wildman–Crippen LogP) is 5.89. The number of alkyl halides is 3. The maximum Gasteiger partial charge on any atom is 0.417 e. The molecule has 4 amide bonds. The Morgan fingerprint density at radius 2 is 1.78 bits per heavy atom. The first-order chi connectivity index (χ1) is 23.3. The van der Waals surface area contributed by atoms with Crippen molar-refractivity contribution in [2.24, 2.45) is 23.7 Å². The predicted molar refractivity (Wildman–Crippen MR) is 169 cm³/mol. The van der Waals surface area contributed by atoms with Crippen molar-refractivity contribution in [2.75, 3.05) is 12.0 Å². The number of fused-ring (bicyclic) bond motifs is 4. The molecule has 2 aliphatic heterocycles. The Balaban J connectivity index is 1.41. The summed E-state index contributed by atoms with van der Waals surface area (Å²) in [5.74, 6) is -6.26. The van der Waals surface area contributed by atoms with Crippen molar-refractivity contribution in [1.82, 2.24) is 14.9 Å². The van der Waals surface area contributed by atoms with E-state index in [1.807, 2.05) is 13.0 Å². The number of halogens is 5. The first kappa shape index (κ1) is 33.3. The fourth-order valence-corrected chi connectivity index (χ4v) is 8.57. The van der Waals surface area contributed by atoms with Gasteiger partial charge in [0.25, 0.3) is 11.8 Å². The van der Waals surface area contributed by atoms with Crippen LogP contribution in [0, 0.1) is 23.7 Å². The van der Waals surface area contributed by atoms with E-state index in [-0.39, 0.29) is 48.5 Å². The Morgan fingerprint density at radius 1 is 1.04 bits per heavy atom. The topological polar surface area (TPSA) is 133 Å². The van der Waals surface area contributed by atoms with Crippen LogP contribution in [0.1, 0.15) is 54.8 Å². The smallest absolute Gasteiger partial charge is 0.417 e. The van der Waals surface area contributed by atoms with E-state index in [0.29, 0.717) is 39.9 Å². The van der Waals surface area contributed by atoms with Crippen LogP contribution in [0.5, 0.6) is 0 Å². The highest BCUT2D eigenvalue weighted by Gasteiger charge is 2.71. The fraction of sp³-hybridized carbons (Fsp3) is 0.382. The van der Waals surface area contributed by atoms with Crippen molar-refractivity contribution >= 4 is 52.6 Å². The van der Waals surface area contributed by atoms with Gasteiger partial charge in [-0.3, -0.25) is 29.5 Å². The molecular weight excluding hydrogens is 688 g/mol. The first-order valence-electron chi connectivity index (χ1n) is 15.7. The second kappa shape index (κ2) is 12.0. The monoisotopic (exact) mass is 716 g/mol. The second-order valence-electron chi connectivity index (χ2n) is 12.7. The van der Waals surface area contributed by atoms with Gasteiger partial charge in [-0.15, -0.1) is 0 Å². The van der Waals surface area contributed by atoms with Crippen molar-refractivity contribution in [3.05, 3.63) is 93.0 Å². The van der Waals surface area contributed by atoms with Gasteiger partial charge in [-0.25, -0.2) is 4.98 Å². The molecule has 10 nitrogen and oxygen atoms in total. The van der Waals surface area contributed by atoms with Gasteiger partial charge in [0, 0.05) is 17.8 Å². The van der Waals surface area contributed by atoms with Crippen molar-refractivity contribution in [3.8, 4) is 0 Å². The van der Waals surface area contributed by atoms with Crippen LogP contribution in [0.2, 0.25) is 10.0 Å². The van der Waals surface area contributed by atoms with Crippen molar-refractivity contribution in [3.63, 3.8) is 0 Å². The standard InChI is InChI=1S/C34H29Cl2F3N4O6/c1-2-11-42-29(45)21-9-8-20-22(26(21)31(42)47)13-23-30(46)43(41-28-24(36)12-17(14-40-28)34(37,38)39)32(48)33(23,16-3-5-18(35)6-4-16)27(20)25-10-7-19(15-44)49-25/h3-8,10,12,14,21-23,26-27,44H,2,9,11,13,15H2,1H3,(H,40,41). The molecule has 2 aliphatic carbocycles. The van der Waals surface area contributed by atoms with Gasteiger partial charge in [-0.1, -0.05) is 53.9 Å². The van der Waals surface area contributed by atoms with E-state index in [1.54, 1.807) is 36.4 Å². The third-order valence-corrected chi connectivity index (χ3v) is 10.8. The van der Waals surface area contributed by atoms with E-state index >= 15 is 4.79 Å². The number of allylic oxidation sites excluding steroid dienone is 2. The zero-order valence-electron chi connectivity index (χ0n) is 25.8. The minimum Gasteiger partial charge on any atom is -0.463 e. The number of anilines is 1. The number of imide groups is 2. The molecule has 1 saturated carbocycles. The first-order valence-corrected chi connectivity index (χ1v) is 16.5. The Hall–Kier alpha value is -4.20. The molecule has 256 valence electrons. The SMILES string of the molecule is CCCN1C(=O)C2CC=C3C(CC4C(=O)N(Nc5ncc(C(F)(F)F)cc5Cl)C(=O)C4(c4ccc(Cl)cc4)C3c3ccc(CO)o3)C2C1=O. The number of benzene rings is 1. The van der Waals surface area contributed by atoms with Crippen LogP contribution in [0.3, 0.4) is 0 Å². The van der Waals surface area contributed by atoms with Gasteiger partial charge in [0.2, 0.25) is 11.8 Å². The summed E-state index contributed by atoms with van der Waals surface area (Å²) in [6.07, 6.45) is -1.56. The lowest BCUT2D eigenvalue weighted by Crippen LogP contribution is -2.53. The molecule has 0 radical (unpaired) electrons. The number of rotatable bonds is 7. The van der Waals surface area contributed by atoms with Crippen molar-refractivity contribution in [1.29, 1.82) is 0 Å². The molecule has 3 aromatic rings. The molecule has 0 spiro atoms. The number of likely N-dealkylation sites (tertiary alicyclic amines) is 1. The molecule has 4 aliphatic rings. The number of aliphatic hydroxyl groups excluding tert-OH is 1. The number of pyridine rings is 1. The quantitative estimate of drug-likeness (QED) is 0.229. The zero-order valence-corrected chi connectivity index (χ0v) is 27.4. The van der Waals surface area contributed by atoms with Crippen LogP contribution in [-0.2, 0) is 37.4 Å². The number of hydrogen-bond acceptors (Lipinski definition) is 8. The van der Waals surface area contributed by atoms with E-state index < -0.39 is 70.2 Å². The summed E-state index contributed by atoms with van der Waals surface area (Å²) >= 11 is 12.5. The molecule has 1 aromatic carbocycles. The molecule has 0 bridgehead atoms. The van der Waals surface area contributed by atoms with Crippen LogP contribution in [0.25, 0.3) is 0 Å². The Bertz CT molecular complexity index is 1910. The number of aromatic nitrogens is 1. The average molecular weight is 718 g/mol. The summed E-state index contributed by atoms with van der Waals surface area (Å²) in [5, 5.41) is 10.5. The van der Waals surface area contributed by atoms with Gasteiger partial charge in [-0.05, 0) is 61.1 Å². The molecule has 2 N–H and O–H groups in total. The number of nitrogens with one attached hydrogen (secondary N) is 1. The van der Waals surface area contributed by atoms with E-state index in [4.69, 9.17) is 27.6 Å². The number of nitrogens with zero attached hydrogens (tertiary/aromatic N) is 3. The highest BCUT2D eigenvalue weighted by molar-refractivity contribution is 6.33. The highest BCUT2D eigenvalue weighted by atomic mass is 35.5. The van der Waals surface area contributed by atoms with Gasteiger partial charge < -0.3 is 9.52 Å². The average Bonchev–Trinajstić information content (AvgIpc) is 3.70. The molecule has 3 fully saturated rings. The summed E-state index contributed by atoms with van der Waals surface area (Å²) in [6, 6.07) is 10.2. The minimum atomic E-state index is -4.74. The Morgan fingerprint density at radius 3 is 2.41 bits per heavy atom. The maximum atomic E-state index is 15.0. The van der Waals surface area contributed by atoms with Crippen molar-refractivity contribution < 1.29 is 41.9 Å². The maximum absolute atomic E-state index is 15.0. The van der Waals surface area contributed by atoms with E-state index in [9.17, 15) is 32.7 Å². The minimum absolute atomic E-state index is 0.00436. The molecule has 2 saturated heterocycles. The van der Waals surface area contributed by atoms with Crippen LogP contribution >= 0.6 is 23.2 Å². The van der Waals surface area contributed by atoms with E-state index in [2.05, 4.69) is 10.4 Å². The molecule has 2 aromatic heterocycles. The number of hydrazine groups is 1. The fourth-order valence-electron chi connectivity index (χ4n) is 8.23. The zero-order chi connectivity index (χ0) is 35.0. The van der Waals surface area contributed by atoms with Crippen LogP contribution in [0.4, 0.5) is 19.0 Å². The lowest BCUT2D eigenvalue weighted by molar-refractivity contribution is -0.141. The van der Waals surface area contributed by atoms with Gasteiger partial charge >= 0.3 is 6.18 Å². The lowest BCUT2D eigenvalue weighted by atomic mass is 9.50. The molecule has 49 heavy (non-hydrogen) atoms. The Labute approximate surface area is 287 Å². The highest BCUT2D eigenvalue weighted by Crippen LogP contribution is 2.64. The van der Waals surface area contributed by atoms with Crippen LogP contribution < -0.4 is 5.43 Å². The normalized spacial score (nSPS) is 28.1. The summed E-state index contributed by atoms with van der Waals surface area (Å²) < 4.78 is 46.2. The largest absolute Gasteiger partial charge is 0.463 e. The number of hydrogen-bond donors (Lipinski definition) is 2. The third-order valence-electron chi connectivity index (χ3n) is 10.2. The lowest BCUT2D eigenvalue weighted by Gasteiger charge is -2.49. The van der Waals surface area contributed by atoms with Gasteiger partial charge in [0.15, 0.2) is 5.82 Å². The Kier molecular flexibility index (Phi) is 8.15. The number of aliphatic hydroxyl groups is 1. The van der Waals surface area contributed by atoms with Gasteiger partial charge in [-0.2, -0.15) is 18.2 Å². The molecular formula is C34H29Cl2F3N4O6. The number of carbonyl (C=O) groups excluding carboxylic acids is 4. The summed E-state index contributed by atoms with van der Waals surface area (Å²) in [6.45, 7) is 1.67. The second-order valence-corrected chi connectivity index (χ2v) is 13.6.